The average Bonchev–Trinajstić information content (AvgIpc) is 3.13. The van der Waals surface area contributed by atoms with Crippen molar-refractivity contribution in [3.63, 3.8) is 0 Å². The van der Waals surface area contributed by atoms with Gasteiger partial charge in [-0.25, -0.2) is 0 Å². The van der Waals surface area contributed by atoms with Crippen molar-refractivity contribution in [1.29, 1.82) is 0 Å². The van der Waals surface area contributed by atoms with Crippen LogP contribution in [0.25, 0.3) is 11.4 Å². The molecule has 5 nitrogen and oxygen atoms in total. The molecule has 0 atom stereocenters. The Morgan fingerprint density at radius 1 is 1.22 bits per heavy atom. The van der Waals surface area contributed by atoms with Gasteiger partial charge in [0.05, 0.1) is 11.8 Å². The summed E-state index contributed by atoms with van der Waals surface area (Å²) in [6.45, 7) is 0. The van der Waals surface area contributed by atoms with Crippen LogP contribution in [0.1, 0.15) is 17.0 Å². The van der Waals surface area contributed by atoms with Gasteiger partial charge in [-0.05, 0) is 24.1 Å². The first-order valence-corrected chi connectivity index (χ1v) is 6.89. The summed E-state index contributed by atoms with van der Waals surface area (Å²) in [7, 11) is 1.82. The summed E-state index contributed by atoms with van der Waals surface area (Å²) in [5, 5.41) is 7.81. The van der Waals surface area contributed by atoms with Gasteiger partial charge in [-0.3, -0.25) is 4.68 Å². The van der Waals surface area contributed by atoms with E-state index in [0.717, 1.165) is 17.7 Å². The summed E-state index contributed by atoms with van der Waals surface area (Å²) < 4.78 is 45.0. The quantitative estimate of drug-likeness (QED) is 0.740. The van der Waals surface area contributed by atoms with Crippen LogP contribution in [0.3, 0.4) is 0 Å². The Hall–Kier alpha value is -2.64. The largest absolute Gasteiger partial charge is 0.416 e. The van der Waals surface area contributed by atoms with Crippen LogP contribution in [0.4, 0.5) is 13.2 Å². The van der Waals surface area contributed by atoms with Gasteiger partial charge in [0.15, 0.2) is 0 Å². The third-order valence-electron chi connectivity index (χ3n) is 3.30. The third kappa shape index (κ3) is 3.58. The molecule has 2 aromatic heterocycles. The standard InChI is InChI=1S/C15H13F3N4O/c1-22-9-10(8-19-22)5-6-13-20-14(21-23-13)11-3-2-4-12(7-11)15(16,17)18/h2-4,7-9H,5-6H2,1H3. The predicted octanol–water partition coefficient (Wildman–Crippen LogP) is 3.27. The first-order valence-electron chi connectivity index (χ1n) is 6.89. The van der Waals surface area contributed by atoms with Crippen LogP contribution in [0, 0.1) is 0 Å². The van der Waals surface area contributed by atoms with E-state index in [1.807, 2.05) is 13.2 Å². The molecule has 3 aromatic rings. The molecule has 0 aliphatic carbocycles. The maximum atomic E-state index is 12.7. The number of alkyl halides is 3. The molecule has 8 heteroatoms. The molecule has 2 heterocycles. The number of rotatable bonds is 4. The van der Waals surface area contributed by atoms with Gasteiger partial charge in [0.25, 0.3) is 0 Å². The Balaban J connectivity index is 1.74. The third-order valence-corrected chi connectivity index (χ3v) is 3.30. The lowest BCUT2D eigenvalue weighted by molar-refractivity contribution is -0.137. The van der Waals surface area contributed by atoms with E-state index in [1.54, 1.807) is 10.9 Å². The van der Waals surface area contributed by atoms with E-state index < -0.39 is 11.7 Å². The lowest BCUT2D eigenvalue weighted by Crippen LogP contribution is -2.04. The molecule has 0 aliphatic heterocycles. The SMILES string of the molecule is Cn1cc(CCc2nc(-c3cccc(C(F)(F)F)c3)no2)cn1. The highest BCUT2D eigenvalue weighted by atomic mass is 19.4. The van der Waals surface area contributed by atoms with Gasteiger partial charge >= 0.3 is 6.18 Å². The summed E-state index contributed by atoms with van der Waals surface area (Å²) in [5.41, 5.74) is 0.555. The van der Waals surface area contributed by atoms with Crippen molar-refractivity contribution < 1.29 is 17.7 Å². The number of hydrogen-bond acceptors (Lipinski definition) is 4. The molecule has 0 saturated heterocycles. The fourth-order valence-electron chi connectivity index (χ4n) is 2.16. The Bertz CT molecular complexity index is 807. The second kappa shape index (κ2) is 5.86. The zero-order valence-electron chi connectivity index (χ0n) is 12.2. The van der Waals surface area contributed by atoms with Gasteiger partial charge in [-0.1, -0.05) is 17.3 Å². The molecule has 0 fully saturated rings. The molecule has 23 heavy (non-hydrogen) atoms. The maximum Gasteiger partial charge on any atom is 0.416 e. The first-order chi connectivity index (χ1) is 10.9. The van der Waals surface area contributed by atoms with Crippen molar-refractivity contribution in [2.45, 2.75) is 19.0 Å². The Kier molecular flexibility index (Phi) is 3.89. The van der Waals surface area contributed by atoms with E-state index in [0.29, 0.717) is 18.7 Å². The van der Waals surface area contributed by atoms with Crippen molar-refractivity contribution in [1.82, 2.24) is 19.9 Å². The molecule has 0 unspecified atom stereocenters. The minimum Gasteiger partial charge on any atom is -0.339 e. The van der Waals surface area contributed by atoms with Gasteiger partial charge < -0.3 is 4.52 Å². The van der Waals surface area contributed by atoms with Crippen LogP contribution < -0.4 is 0 Å². The van der Waals surface area contributed by atoms with E-state index in [-0.39, 0.29) is 11.4 Å². The zero-order valence-corrected chi connectivity index (χ0v) is 12.2. The molecule has 120 valence electrons. The minimum absolute atomic E-state index is 0.150. The van der Waals surface area contributed by atoms with E-state index in [4.69, 9.17) is 4.52 Å². The summed E-state index contributed by atoms with van der Waals surface area (Å²) in [4.78, 5) is 4.15. The maximum absolute atomic E-state index is 12.7. The molecular weight excluding hydrogens is 309 g/mol. The van der Waals surface area contributed by atoms with Crippen molar-refractivity contribution in [2.24, 2.45) is 7.05 Å². The number of halogens is 3. The first kappa shape index (κ1) is 15.3. The lowest BCUT2D eigenvalue weighted by Gasteiger charge is -2.06. The fourth-order valence-corrected chi connectivity index (χ4v) is 2.16. The Morgan fingerprint density at radius 2 is 2.04 bits per heavy atom. The van der Waals surface area contributed by atoms with Gasteiger partial charge in [-0.2, -0.15) is 23.3 Å². The van der Waals surface area contributed by atoms with Crippen molar-refractivity contribution in [2.75, 3.05) is 0 Å². The second-order valence-electron chi connectivity index (χ2n) is 5.11. The van der Waals surface area contributed by atoms with Gasteiger partial charge in [0.1, 0.15) is 0 Å². The van der Waals surface area contributed by atoms with Gasteiger partial charge in [0.2, 0.25) is 11.7 Å². The summed E-state index contributed by atoms with van der Waals surface area (Å²) >= 11 is 0. The number of aromatic nitrogens is 4. The second-order valence-corrected chi connectivity index (χ2v) is 5.11. The highest BCUT2D eigenvalue weighted by molar-refractivity contribution is 5.55. The summed E-state index contributed by atoms with van der Waals surface area (Å²) in [6.07, 6.45) is 0.382. The molecule has 0 radical (unpaired) electrons. The molecule has 0 N–H and O–H groups in total. The number of benzene rings is 1. The molecule has 0 aliphatic rings. The molecule has 0 bridgehead atoms. The van der Waals surface area contributed by atoms with Crippen LogP contribution in [0.15, 0.2) is 41.2 Å². The van der Waals surface area contributed by atoms with E-state index in [9.17, 15) is 13.2 Å². The number of nitrogens with zero attached hydrogens (tertiary/aromatic N) is 4. The Labute approximate surface area is 129 Å². The molecule has 3 rings (SSSR count). The van der Waals surface area contributed by atoms with Gasteiger partial charge in [-0.15, -0.1) is 0 Å². The molecule has 0 amide bonds. The summed E-state index contributed by atoms with van der Waals surface area (Å²) in [6, 6.07) is 4.86. The number of aryl methyl sites for hydroxylation is 3. The van der Waals surface area contributed by atoms with Crippen LogP contribution in [-0.4, -0.2) is 19.9 Å². The lowest BCUT2D eigenvalue weighted by atomic mass is 10.1. The summed E-state index contributed by atoms with van der Waals surface area (Å²) in [5.74, 6) is 0.526. The fraction of sp³-hybridized carbons (Fsp3) is 0.267. The van der Waals surface area contributed by atoms with E-state index in [1.165, 1.54) is 12.1 Å². The topological polar surface area (TPSA) is 56.7 Å². The minimum atomic E-state index is -4.40. The van der Waals surface area contributed by atoms with Crippen LogP contribution in [0.5, 0.6) is 0 Å². The Morgan fingerprint density at radius 3 is 2.74 bits per heavy atom. The molecule has 0 saturated carbocycles. The average molecular weight is 322 g/mol. The van der Waals surface area contributed by atoms with E-state index in [2.05, 4.69) is 15.2 Å². The van der Waals surface area contributed by atoms with E-state index >= 15 is 0 Å². The molecule has 0 spiro atoms. The number of hydrogen-bond donors (Lipinski definition) is 0. The van der Waals surface area contributed by atoms with Crippen LogP contribution >= 0.6 is 0 Å². The normalized spacial score (nSPS) is 11.8. The zero-order chi connectivity index (χ0) is 16.4. The highest BCUT2D eigenvalue weighted by Crippen LogP contribution is 2.31. The van der Waals surface area contributed by atoms with Gasteiger partial charge in [0, 0.05) is 25.2 Å². The highest BCUT2D eigenvalue weighted by Gasteiger charge is 2.30. The molecular formula is C15H13F3N4O. The monoisotopic (exact) mass is 322 g/mol. The van der Waals surface area contributed by atoms with Crippen molar-refractivity contribution >= 4 is 0 Å². The van der Waals surface area contributed by atoms with Crippen LogP contribution in [-0.2, 0) is 26.1 Å². The smallest absolute Gasteiger partial charge is 0.339 e. The van der Waals surface area contributed by atoms with Crippen LogP contribution in [0.2, 0.25) is 0 Å². The predicted molar refractivity (Wildman–Crippen MR) is 75.4 cm³/mol. The van der Waals surface area contributed by atoms with Crippen molar-refractivity contribution in [3.8, 4) is 11.4 Å². The van der Waals surface area contributed by atoms with Crippen molar-refractivity contribution in [3.05, 3.63) is 53.7 Å². The molecule has 1 aromatic carbocycles.